The number of carbonyl (C=O) groups is 1. The van der Waals surface area contributed by atoms with E-state index in [1.165, 1.54) is 33.3 Å². The van der Waals surface area contributed by atoms with Gasteiger partial charge in [0.1, 0.15) is 15.6 Å². The van der Waals surface area contributed by atoms with Gasteiger partial charge in [0.05, 0.1) is 4.92 Å². The molecule has 0 radical (unpaired) electrons. The van der Waals surface area contributed by atoms with Crippen LogP contribution in [0.15, 0.2) is 35.4 Å². The van der Waals surface area contributed by atoms with Crippen molar-refractivity contribution in [1.29, 1.82) is 0 Å². The second kappa shape index (κ2) is 8.07. The van der Waals surface area contributed by atoms with Crippen LogP contribution >= 0.6 is 11.6 Å². The normalized spacial score (nSPS) is 11.6. The first-order chi connectivity index (χ1) is 12.6. The van der Waals surface area contributed by atoms with Gasteiger partial charge in [0.15, 0.2) is 0 Å². The highest BCUT2D eigenvalue weighted by molar-refractivity contribution is 7.89. The van der Waals surface area contributed by atoms with Crippen molar-refractivity contribution in [2.45, 2.75) is 18.7 Å². The van der Waals surface area contributed by atoms with Crippen LogP contribution < -0.4 is 5.32 Å². The van der Waals surface area contributed by atoms with Crippen molar-refractivity contribution in [3.8, 4) is 0 Å². The number of rotatable bonds is 7. The quantitative estimate of drug-likeness (QED) is 0.552. The van der Waals surface area contributed by atoms with Crippen molar-refractivity contribution in [2.24, 2.45) is 7.05 Å². The number of anilines is 1. The summed E-state index contributed by atoms with van der Waals surface area (Å²) in [4.78, 5) is 22.8. The van der Waals surface area contributed by atoms with Gasteiger partial charge in [0.2, 0.25) is 10.0 Å². The van der Waals surface area contributed by atoms with Crippen LogP contribution in [-0.4, -0.2) is 41.2 Å². The van der Waals surface area contributed by atoms with Crippen LogP contribution in [0.1, 0.15) is 24.3 Å². The molecule has 1 aromatic heterocycles. The minimum absolute atomic E-state index is 0.000867. The van der Waals surface area contributed by atoms with E-state index in [1.807, 2.05) is 0 Å². The summed E-state index contributed by atoms with van der Waals surface area (Å²) in [5.41, 5.74) is -0.0741. The average Bonchev–Trinajstić information content (AvgIpc) is 3.00. The van der Waals surface area contributed by atoms with Gasteiger partial charge in [-0.25, -0.2) is 8.42 Å². The number of nitro groups is 1. The zero-order valence-electron chi connectivity index (χ0n) is 15.0. The average molecular weight is 415 g/mol. The van der Waals surface area contributed by atoms with Crippen molar-refractivity contribution in [2.75, 3.05) is 18.4 Å². The molecule has 0 bridgehead atoms. The Balaban J connectivity index is 2.32. The largest absolute Gasteiger partial charge is 0.345 e. The fraction of sp³-hybridized carbons (Fsp3) is 0.312. The van der Waals surface area contributed by atoms with Crippen LogP contribution in [0.2, 0.25) is 5.02 Å². The Hall–Kier alpha value is -2.43. The fourth-order valence-corrected chi connectivity index (χ4v) is 4.26. The zero-order valence-corrected chi connectivity index (χ0v) is 16.5. The van der Waals surface area contributed by atoms with E-state index < -0.39 is 20.9 Å². The lowest BCUT2D eigenvalue weighted by atomic mass is 10.2. The predicted molar refractivity (Wildman–Crippen MR) is 102 cm³/mol. The summed E-state index contributed by atoms with van der Waals surface area (Å²) in [7, 11) is -2.16. The highest BCUT2D eigenvalue weighted by Crippen LogP contribution is 2.28. The summed E-state index contributed by atoms with van der Waals surface area (Å²) in [6.45, 7) is 4.07. The summed E-state index contributed by atoms with van der Waals surface area (Å²) in [5.74, 6) is -0.602. The number of aryl methyl sites for hydroxylation is 1. The molecule has 0 saturated heterocycles. The van der Waals surface area contributed by atoms with Crippen molar-refractivity contribution in [3.63, 3.8) is 0 Å². The third-order valence-electron chi connectivity index (χ3n) is 3.96. The minimum Gasteiger partial charge on any atom is -0.345 e. The SMILES string of the molecule is CCN(CC)S(=O)(=O)c1cc(C(=O)Nc2ccc(Cl)c([N+](=O)[O-])c2)n(C)c1. The number of aromatic nitrogens is 1. The molecule has 11 heteroatoms. The Kier molecular flexibility index (Phi) is 6.24. The zero-order chi connectivity index (χ0) is 20.4. The molecule has 2 rings (SSSR count). The first-order valence-corrected chi connectivity index (χ1v) is 9.85. The molecule has 1 heterocycles. The monoisotopic (exact) mass is 414 g/mol. The van der Waals surface area contributed by atoms with E-state index in [0.29, 0.717) is 13.1 Å². The first kappa shape index (κ1) is 20.9. The maximum Gasteiger partial charge on any atom is 0.289 e. The standard InChI is InChI=1S/C16H19ClN4O5S/c1-4-20(5-2)27(25,26)12-9-15(19(3)10-12)16(22)18-11-6-7-13(17)14(8-11)21(23)24/h6-10H,4-5H2,1-3H3,(H,18,22). The van der Waals surface area contributed by atoms with Crippen molar-refractivity contribution >= 4 is 38.9 Å². The van der Waals surface area contributed by atoms with Gasteiger partial charge in [0.25, 0.3) is 11.6 Å². The Morgan fingerprint density at radius 1 is 1.30 bits per heavy atom. The summed E-state index contributed by atoms with van der Waals surface area (Å²) >= 11 is 5.75. The van der Waals surface area contributed by atoms with Gasteiger partial charge in [-0.15, -0.1) is 0 Å². The third kappa shape index (κ3) is 4.29. The van der Waals surface area contributed by atoms with Crippen molar-refractivity contribution < 1.29 is 18.1 Å². The number of hydrogen-bond acceptors (Lipinski definition) is 5. The van der Waals surface area contributed by atoms with E-state index in [0.717, 1.165) is 6.07 Å². The number of carbonyl (C=O) groups excluding carboxylic acids is 1. The highest BCUT2D eigenvalue weighted by Gasteiger charge is 2.25. The topological polar surface area (TPSA) is 115 Å². The molecule has 0 aliphatic rings. The summed E-state index contributed by atoms with van der Waals surface area (Å²) < 4.78 is 27.8. The fourth-order valence-electron chi connectivity index (χ4n) is 2.54. The van der Waals surface area contributed by atoms with Crippen molar-refractivity contribution in [3.05, 3.63) is 51.3 Å². The molecular formula is C16H19ClN4O5S. The number of halogens is 1. The lowest BCUT2D eigenvalue weighted by Gasteiger charge is -2.17. The Bertz CT molecular complexity index is 983. The summed E-state index contributed by atoms with van der Waals surface area (Å²) in [5, 5.41) is 13.4. The summed E-state index contributed by atoms with van der Waals surface area (Å²) in [6.07, 6.45) is 1.35. The van der Waals surface area contributed by atoms with Crippen LogP contribution in [0.4, 0.5) is 11.4 Å². The van der Waals surface area contributed by atoms with Crippen molar-refractivity contribution in [1.82, 2.24) is 8.87 Å². The molecule has 1 N–H and O–H groups in total. The number of amides is 1. The number of hydrogen-bond donors (Lipinski definition) is 1. The molecule has 2 aromatic rings. The molecule has 0 atom stereocenters. The second-order valence-corrected chi connectivity index (χ2v) is 7.98. The molecule has 146 valence electrons. The minimum atomic E-state index is -3.71. The number of benzene rings is 1. The number of nitro benzene ring substituents is 1. The Morgan fingerprint density at radius 2 is 1.93 bits per heavy atom. The summed E-state index contributed by atoms with van der Waals surface area (Å²) in [6, 6.07) is 5.13. The Labute approximate surface area is 161 Å². The van der Waals surface area contributed by atoms with Crippen LogP contribution in [0.25, 0.3) is 0 Å². The van der Waals surface area contributed by atoms with Gasteiger partial charge in [0, 0.05) is 38.1 Å². The predicted octanol–water partition coefficient (Wildman–Crippen LogP) is 2.87. The molecule has 9 nitrogen and oxygen atoms in total. The molecule has 0 spiro atoms. The Morgan fingerprint density at radius 3 is 2.48 bits per heavy atom. The van der Waals surface area contributed by atoms with Gasteiger partial charge in [-0.3, -0.25) is 14.9 Å². The van der Waals surface area contributed by atoms with Gasteiger partial charge in [-0.2, -0.15) is 4.31 Å². The highest BCUT2D eigenvalue weighted by atomic mass is 35.5. The third-order valence-corrected chi connectivity index (χ3v) is 6.29. The van der Waals surface area contributed by atoms with Crippen LogP contribution in [0, 0.1) is 10.1 Å². The lowest BCUT2D eigenvalue weighted by Crippen LogP contribution is -2.30. The number of nitrogens with one attached hydrogen (secondary N) is 1. The van der Waals surface area contributed by atoms with Gasteiger partial charge in [-0.1, -0.05) is 25.4 Å². The molecule has 0 aliphatic carbocycles. The molecule has 0 fully saturated rings. The number of nitrogens with zero attached hydrogens (tertiary/aromatic N) is 3. The van der Waals surface area contributed by atoms with E-state index in [-0.39, 0.29) is 27.0 Å². The van der Waals surface area contributed by atoms with Crippen LogP contribution in [0.3, 0.4) is 0 Å². The molecule has 0 saturated carbocycles. The van der Waals surface area contributed by atoms with Crippen LogP contribution in [-0.2, 0) is 17.1 Å². The van der Waals surface area contributed by atoms with Gasteiger partial charge < -0.3 is 9.88 Å². The number of sulfonamides is 1. The smallest absolute Gasteiger partial charge is 0.289 e. The van der Waals surface area contributed by atoms with E-state index >= 15 is 0 Å². The molecule has 1 aromatic carbocycles. The maximum atomic E-state index is 12.6. The maximum absolute atomic E-state index is 12.6. The second-order valence-electron chi connectivity index (χ2n) is 5.64. The lowest BCUT2D eigenvalue weighted by molar-refractivity contribution is -0.384. The van der Waals surface area contributed by atoms with Gasteiger partial charge in [-0.05, 0) is 18.2 Å². The van der Waals surface area contributed by atoms with E-state index in [4.69, 9.17) is 11.6 Å². The van der Waals surface area contributed by atoms with Gasteiger partial charge >= 0.3 is 0 Å². The molecule has 27 heavy (non-hydrogen) atoms. The van der Waals surface area contributed by atoms with E-state index in [2.05, 4.69) is 5.32 Å². The molecule has 0 aliphatic heterocycles. The first-order valence-electron chi connectivity index (χ1n) is 8.03. The molecule has 0 unspecified atom stereocenters. The van der Waals surface area contributed by atoms with E-state index in [9.17, 15) is 23.3 Å². The molecular weight excluding hydrogens is 396 g/mol. The van der Waals surface area contributed by atoms with E-state index in [1.54, 1.807) is 20.9 Å². The van der Waals surface area contributed by atoms with Crippen LogP contribution in [0.5, 0.6) is 0 Å². The molecule has 1 amide bonds.